The molecule has 2 nitrogen and oxygen atoms in total. The molecule has 0 amide bonds. The fraction of sp³-hybridized carbons (Fsp3) is 0.600. The zero-order valence-electron chi connectivity index (χ0n) is 11.7. The number of benzene rings is 1. The van der Waals surface area contributed by atoms with E-state index >= 15 is 0 Å². The van der Waals surface area contributed by atoms with Gasteiger partial charge in [-0.15, -0.1) is 0 Å². The Morgan fingerprint density at radius 3 is 2.35 bits per heavy atom. The van der Waals surface area contributed by atoms with E-state index in [0.29, 0.717) is 17.9 Å². The van der Waals surface area contributed by atoms with Gasteiger partial charge in [-0.2, -0.15) is 0 Å². The van der Waals surface area contributed by atoms with Crippen LogP contribution in [0.1, 0.15) is 31.0 Å². The van der Waals surface area contributed by atoms with E-state index in [0.717, 1.165) is 6.54 Å². The first kappa shape index (κ1) is 14.2. The SMILES string of the molecule is CNCC(C(C)C)C(NC)c1cccc(C)c1. The molecule has 2 heteroatoms. The van der Waals surface area contributed by atoms with E-state index in [1.165, 1.54) is 11.1 Å². The minimum atomic E-state index is 0.419. The zero-order chi connectivity index (χ0) is 12.8. The Labute approximate surface area is 106 Å². The molecule has 96 valence electrons. The molecule has 0 spiro atoms. The molecule has 0 saturated carbocycles. The summed E-state index contributed by atoms with van der Waals surface area (Å²) in [6, 6.07) is 9.22. The molecule has 0 aliphatic heterocycles. The summed E-state index contributed by atoms with van der Waals surface area (Å²) in [4.78, 5) is 0. The topological polar surface area (TPSA) is 24.1 Å². The molecule has 2 N–H and O–H groups in total. The summed E-state index contributed by atoms with van der Waals surface area (Å²) in [6.45, 7) is 7.78. The van der Waals surface area contributed by atoms with Crippen LogP contribution in [0.25, 0.3) is 0 Å². The Balaban J connectivity index is 2.95. The largest absolute Gasteiger partial charge is 0.319 e. The quantitative estimate of drug-likeness (QED) is 0.791. The zero-order valence-corrected chi connectivity index (χ0v) is 11.7. The maximum Gasteiger partial charge on any atom is 0.0360 e. The van der Waals surface area contributed by atoms with Crippen LogP contribution in [0.5, 0.6) is 0 Å². The second-order valence-electron chi connectivity index (χ2n) is 5.15. The molecule has 0 radical (unpaired) electrons. The summed E-state index contributed by atoms with van der Waals surface area (Å²) >= 11 is 0. The van der Waals surface area contributed by atoms with E-state index in [2.05, 4.69) is 62.7 Å². The lowest BCUT2D eigenvalue weighted by molar-refractivity contribution is 0.284. The normalized spacial score (nSPS) is 14.9. The highest BCUT2D eigenvalue weighted by atomic mass is 14.9. The third-order valence-corrected chi connectivity index (χ3v) is 3.44. The Bertz CT molecular complexity index is 333. The van der Waals surface area contributed by atoms with Crippen molar-refractivity contribution in [2.75, 3.05) is 20.6 Å². The molecular weight excluding hydrogens is 208 g/mol. The van der Waals surface area contributed by atoms with Crippen molar-refractivity contribution in [3.05, 3.63) is 35.4 Å². The highest BCUT2D eigenvalue weighted by Crippen LogP contribution is 2.27. The van der Waals surface area contributed by atoms with Gasteiger partial charge in [0.25, 0.3) is 0 Å². The van der Waals surface area contributed by atoms with Gasteiger partial charge in [0, 0.05) is 6.04 Å². The van der Waals surface area contributed by atoms with E-state index in [9.17, 15) is 0 Å². The van der Waals surface area contributed by atoms with Crippen molar-refractivity contribution >= 4 is 0 Å². The van der Waals surface area contributed by atoms with Crippen molar-refractivity contribution in [2.45, 2.75) is 26.8 Å². The summed E-state index contributed by atoms with van der Waals surface area (Å²) in [6.07, 6.45) is 0. The lowest BCUT2D eigenvalue weighted by Crippen LogP contribution is -2.35. The van der Waals surface area contributed by atoms with Crippen molar-refractivity contribution in [1.29, 1.82) is 0 Å². The number of rotatable bonds is 6. The average Bonchev–Trinajstić information content (AvgIpc) is 2.29. The Hall–Kier alpha value is -0.860. The van der Waals surface area contributed by atoms with Crippen LogP contribution in [0, 0.1) is 18.8 Å². The van der Waals surface area contributed by atoms with Gasteiger partial charge in [0.1, 0.15) is 0 Å². The van der Waals surface area contributed by atoms with Gasteiger partial charge in [-0.05, 0) is 45.0 Å². The molecular formula is C15H26N2. The highest BCUT2D eigenvalue weighted by Gasteiger charge is 2.23. The first-order valence-corrected chi connectivity index (χ1v) is 6.48. The van der Waals surface area contributed by atoms with Crippen LogP contribution >= 0.6 is 0 Å². The standard InChI is InChI=1S/C15H26N2/c1-11(2)14(10-16-4)15(17-5)13-8-6-7-12(3)9-13/h6-9,11,14-17H,10H2,1-5H3. The van der Waals surface area contributed by atoms with Crippen LogP contribution < -0.4 is 10.6 Å². The van der Waals surface area contributed by atoms with Crippen molar-refractivity contribution < 1.29 is 0 Å². The van der Waals surface area contributed by atoms with Gasteiger partial charge >= 0.3 is 0 Å². The molecule has 1 aromatic rings. The van der Waals surface area contributed by atoms with E-state index < -0.39 is 0 Å². The summed E-state index contributed by atoms with van der Waals surface area (Å²) < 4.78 is 0. The van der Waals surface area contributed by atoms with Crippen LogP contribution in [-0.4, -0.2) is 20.6 Å². The maximum absolute atomic E-state index is 3.47. The third-order valence-electron chi connectivity index (χ3n) is 3.44. The molecule has 17 heavy (non-hydrogen) atoms. The molecule has 0 aliphatic carbocycles. The minimum Gasteiger partial charge on any atom is -0.319 e. The van der Waals surface area contributed by atoms with Crippen molar-refractivity contribution in [3.63, 3.8) is 0 Å². The van der Waals surface area contributed by atoms with Gasteiger partial charge in [-0.3, -0.25) is 0 Å². The van der Waals surface area contributed by atoms with Gasteiger partial charge in [0.15, 0.2) is 0 Å². The lowest BCUT2D eigenvalue weighted by atomic mass is 9.84. The van der Waals surface area contributed by atoms with Crippen molar-refractivity contribution in [1.82, 2.24) is 10.6 Å². The van der Waals surface area contributed by atoms with E-state index in [1.807, 2.05) is 7.05 Å². The van der Waals surface area contributed by atoms with Gasteiger partial charge < -0.3 is 10.6 Å². The van der Waals surface area contributed by atoms with Crippen LogP contribution in [0.15, 0.2) is 24.3 Å². The number of hydrogen-bond donors (Lipinski definition) is 2. The van der Waals surface area contributed by atoms with E-state index in [1.54, 1.807) is 0 Å². The second kappa shape index (κ2) is 6.77. The number of hydrogen-bond acceptors (Lipinski definition) is 2. The molecule has 1 rings (SSSR count). The third kappa shape index (κ3) is 3.83. The Kier molecular flexibility index (Phi) is 5.66. The molecule has 0 fully saturated rings. The fourth-order valence-corrected chi connectivity index (χ4v) is 2.47. The predicted octanol–water partition coefficient (Wildman–Crippen LogP) is 2.75. The summed E-state index contributed by atoms with van der Waals surface area (Å²) in [5.74, 6) is 1.26. The summed E-state index contributed by atoms with van der Waals surface area (Å²) in [5, 5.41) is 6.78. The smallest absolute Gasteiger partial charge is 0.0360 e. The van der Waals surface area contributed by atoms with Crippen molar-refractivity contribution in [2.24, 2.45) is 11.8 Å². The summed E-state index contributed by atoms with van der Waals surface area (Å²) in [5.41, 5.74) is 2.72. The highest BCUT2D eigenvalue weighted by molar-refractivity contribution is 5.25. The molecule has 2 atom stereocenters. The molecule has 0 heterocycles. The van der Waals surface area contributed by atoms with Gasteiger partial charge in [-0.25, -0.2) is 0 Å². The van der Waals surface area contributed by atoms with Gasteiger partial charge in [0.05, 0.1) is 0 Å². The Morgan fingerprint density at radius 2 is 1.88 bits per heavy atom. The number of aryl methyl sites for hydroxylation is 1. The first-order chi connectivity index (χ1) is 8.10. The van der Waals surface area contributed by atoms with Gasteiger partial charge in [0.2, 0.25) is 0 Å². The molecule has 0 aliphatic rings. The van der Waals surface area contributed by atoms with Gasteiger partial charge in [-0.1, -0.05) is 43.7 Å². The Morgan fingerprint density at radius 1 is 1.18 bits per heavy atom. The monoisotopic (exact) mass is 234 g/mol. The lowest BCUT2D eigenvalue weighted by Gasteiger charge is -2.30. The predicted molar refractivity (Wildman–Crippen MR) is 75.2 cm³/mol. The molecule has 0 aromatic heterocycles. The molecule has 1 aromatic carbocycles. The fourth-order valence-electron chi connectivity index (χ4n) is 2.47. The average molecular weight is 234 g/mol. The molecule has 2 unspecified atom stereocenters. The van der Waals surface area contributed by atoms with E-state index in [-0.39, 0.29) is 0 Å². The minimum absolute atomic E-state index is 0.419. The van der Waals surface area contributed by atoms with Crippen LogP contribution in [0.2, 0.25) is 0 Å². The number of nitrogens with one attached hydrogen (secondary N) is 2. The maximum atomic E-state index is 3.47. The summed E-state index contributed by atoms with van der Waals surface area (Å²) in [7, 11) is 4.08. The van der Waals surface area contributed by atoms with Crippen molar-refractivity contribution in [3.8, 4) is 0 Å². The van der Waals surface area contributed by atoms with Crippen LogP contribution in [-0.2, 0) is 0 Å². The van der Waals surface area contributed by atoms with Crippen LogP contribution in [0.4, 0.5) is 0 Å². The first-order valence-electron chi connectivity index (χ1n) is 6.48. The molecule has 0 saturated heterocycles. The van der Waals surface area contributed by atoms with E-state index in [4.69, 9.17) is 0 Å². The van der Waals surface area contributed by atoms with Crippen LogP contribution in [0.3, 0.4) is 0 Å². The second-order valence-corrected chi connectivity index (χ2v) is 5.15. The molecule has 0 bridgehead atoms.